The van der Waals surface area contributed by atoms with Gasteiger partial charge in [0, 0.05) is 0 Å². The maximum absolute atomic E-state index is 12.2. The van der Waals surface area contributed by atoms with E-state index in [1.54, 1.807) is 0 Å². The molecule has 0 radical (unpaired) electrons. The molecule has 0 aliphatic carbocycles. The molecule has 2 atom stereocenters. The van der Waals surface area contributed by atoms with Gasteiger partial charge in [-0.25, -0.2) is 0 Å². The van der Waals surface area contributed by atoms with Crippen LogP contribution in [0, 0.1) is 0 Å². The van der Waals surface area contributed by atoms with Crippen molar-refractivity contribution in [3.8, 4) is 28.7 Å². The van der Waals surface area contributed by atoms with Crippen LogP contribution < -0.4 is 4.74 Å². The van der Waals surface area contributed by atoms with Crippen molar-refractivity contribution in [1.29, 1.82) is 0 Å². The van der Waals surface area contributed by atoms with Crippen molar-refractivity contribution < 1.29 is 35.1 Å². The molecule has 2 aromatic carbocycles. The summed E-state index contributed by atoms with van der Waals surface area (Å²) < 4.78 is 5.43. The summed E-state index contributed by atoms with van der Waals surface area (Å²) in [6.45, 7) is 0. The second kappa shape index (κ2) is 4.81. The molecule has 22 heavy (non-hydrogen) atoms. The lowest BCUT2D eigenvalue weighted by Gasteiger charge is -2.30. The maximum Gasteiger partial charge on any atom is 0.201 e. The van der Waals surface area contributed by atoms with Gasteiger partial charge < -0.3 is 30.3 Å². The number of aliphatic hydroxyl groups excluding tert-OH is 1. The fourth-order valence-corrected chi connectivity index (χ4v) is 2.33. The van der Waals surface area contributed by atoms with Crippen LogP contribution in [0.5, 0.6) is 28.7 Å². The van der Waals surface area contributed by atoms with Crippen LogP contribution >= 0.6 is 0 Å². The smallest absolute Gasteiger partial charge is 0.201 e. The minimum atomic E-state index is -1.56. The lowest BCUT2D eigenvalue weighted by atomic mass is 9.93. The van der Waals surface area contributed by atoms with Crippen LogP contribution in [-0.4, -0.2) is 37.4 Å². The minimum Gasteiger partial charge on any atom is -0.504 e. The molecule has 2 aromatic rings. The Hall–Kier alpha value is -2.93. The largest absolute Gasteiger partial charge is 0.504 e. The zero-order valence-corrected chi connectivity index (χ0v) is 11.1. The van der Waals surface area contributed by atoms with E-state index >= 15 is 0 Å². The van der Waals surface area contributed by atoms with E-state index in [9.17, 15) is 30.3 Å². The molecule has 0 spiro atoms. The first-order valence-corrected chi connectivity index (χ1v) is 6.36. The summed E-state index contributed by atoms with van der Waals surface area (Å²) in [5.74, 6) is -2.80. The molecule has 0 unspecified atom stereocenters. The van der Waals surface area contributed by atoms with Gasteiger partial charge in [0.15, 0.2) is 41.0 Å². The van der Waals surface area contributed by atoms with Crippen molar-refractivity contribution in [2.75, 3.05) is 0 Å². The second-order valence-electron chi connectivity index (χ2n) is 4.91. The predicted octanol–water partition coefficient (Wildman–Crippen LogP) is 1.19. The van der Waals surface area contributed by atoms with E-state index in [0.29, 0.717) is 0 Å². The van der Waals surface area contributed by atoms with E-state index in [1.165, 1.54) is 18.2 Å². The van der Waals surface area contributed by atoms with E-state index in [2.05, 4.69) is 0 Å². The number of ketones is 1. The van der Waals surface area contributed by atoms with Gasteiger partial charge in [-0.1, -0.05) is 6.07 Å². The number of aliphatic hydroxyl groups is 1. The summed E-state index contributed by atoms with van der Waals surface area (Å²) in [6.07, 6.45) is -2.75. The number of rotatable bonds is 1. The zero-order valence-electron chi connectivity index (χ0n) is 11.1. The van der Waals surface area contributed by atoms with Crippen LogP contribution in [0.1, 0.15) is 22.0 Å². The molecule has 0 bridgehead atoms. The van der Waals surface area contributed by atoms with Crippen LogP contribution in [0.15, 0.2) is 30.3 Å². The third-order valence-electron chi connectivity index (χ3n) is 3.50. The first-order valence-electron chi connectivity index (χ1n) is 6.36. The highest BCUT2D eigenvalue weighted by atomic mass is 16.5. The number of carbonyl (C=O) groups excluding carboxylic acids is 1. The van der Waals surface area contributed by atoms with Crippen LogP contribution in [0.3, 0.4) is 0 Å². The molecule has 0 saturated heterocycles. The number of phenols is 4. The molecule has 1 aliphatic rings. The molecule has 3 rings (SSSR count). The van der Waals surface area contributed by atoms with Gasteiger partial charge in [-0.05, 0) is 29.8 Å². The minimum absolute atomic E-state index is 0.0537. The number of carbonyl (C=O) groups is 1. The number of hydrogen-bond acceptors (Lipinski definition) is 7. The zero-order chi connectivity index (χ0) is 16.0. The van der Waals surface area contributed by atoms with Crippen molar-refractivity contribution in [3.05, 3.63) is 41.5 Å². The molecule has 0 amide bonds. The van der Waals surface area contributed by atoms with E-state index in [-0.39, 0.29) is 22.6 Å². The monoisotopic (exact) mass is 304 g/mol. The van der Waals surface area contributed by atoms with Crippen LogP contribution in [0.4, 0.5) is 0 Å². The number of ether oxygens (including phenoxy) is 1. The summed E-state index contributed by atoms with van der Waals surface area (Å²) in [7, 11) is 0. The Kier molecular flexibility index (Phi) is 3.07. The quantitative estimate of drug-likeness (QED) is 0.501. The van der Waals surface area contributed by atoms with Gasteiger partial charge in [0.1, 0.15) is 0 Å². The lowest BCUT2D eigenvalue weighted by Crippen LogP contribution is -2.36. The van der Waals surface area contributed by atoms with Gasteiger partial charge in [0.2, 0.25) is 5.75 Å². The van der Waals surface area contributed by atoms with Gasteiger partial charge in [-0.3, -0.25) is 4.79 Å². The van der Waals surface area contributed by atoms with Crippen molar-refractivity contribution in [2.24, 2.45) is 0 Å². The van der Waals surface area contributed by atoms with Crippen LogP contribution in [-0.2, 0) is 0 Å². The van der Waals surface area contributed by atoms with Crippen molar-refractivity contribution in [3.63, 3.8) is 0 Å². The number of Topliss-reactive ketones (excluding diaryl/α,β-unsaturated/α-hetero) is 1. The highest BCUT2D eigenvalue weighted by Gasteiger charge is 2.39. The Bertz CT molecular complexity index is 769. The van der Waals surface area contributed by atoms with Crippen LogP contribution in [0.25, 0.3) is 0 Å². The average Bonchev–Trinajstić information content (AvgIpc) is 2.49. The fourth-order valence-electron chi connectivity index (χ4n) is 2.33. The molecule has 1 heterocycles. The Morgan fingerprint density at radius 1 is 0.909 bits per heavy atom. The summed E-state index contributed by atoms with van der Waals surface area (Å²) >= 11 is 0. The number of hydrogen-bond donors (Lipinski definition) is 5. The van der Waals surface area contributed by atoms with Gasteiger partial charge in [0.25, 0.3) is 0 Å². The van der Waals surface area contributed by atoms with E-state index in [1.807, 2.05) is 0 Å². The summed E-state index contributed by atoms with van der Waals surface area (Å²) in [5.41, 5.74) is 0.173. The highest BCUT2D eigenvalue weighted by molar-refractivity contribution is 6.04. The molecular weight excluding hydrogens is 292 g/mol. The van der Waals surface area contributed by atoms with Gasteiger partial charge >= 0.3 is 0 Å². The Balaban J connectivity index is 2.09. The third-order valence-corrected chi connectivity index (χ3v) is 3.50. The van der Waals surface area contributed by atoms with Crippen LogP contribution in [0.2, 0.25) is 0 Å². The predicted molar refractivity (Wildman–Crippen MR) is 73.2 cm³/mol. The molecule has 1 aliphatic heterocycles. The van der Waals surface area contributed by atoms with Crippen molar-refractivity contribution in [2.45, 2.75) is 12.2 Å². The molecule has 5 N–H and O–H groups in total. The summed E-state index contributed by atoms with van der Waals surface area (Å²) in [5, 5.41) is 48.2. The average molecular weight is 304 g/mol. The normalized spacial score (nSPS) is 20.3. The topological polar surface area (TPSA) is 127 Å². The lowest BCUT2D eigenvalue weighted by molar-refractivity contribution is 0.0202. The fraction of sp³-hybridized carbons (Fsp3) is 0.133. The number of benzene rings is 2. The van der Waals surface area contributed by atoms with Crippen molar-refractivity contribution >= 4 is 5.78 Å². The molecule has 0 aromatic heterocycles. The highest BCUT2D eigenvalue weighted by Crippen LogP contribution is 2.45. The molecular formula is C15H12O7. The SMILES string of the molecule is O=C1c2ccc(O)c(O)c2O[C@H](c2ccc(O)c(O)c2)[C@H]1O. The van der Waals surface area contributed by atoms with Crippen molar-refractivity contribution in [1.82, 2.24) is 0 Å². The molecule has 7 heteroatoms. The summed E-state index contributed by atoms with van der Waals surface area (Å²) in [4.78, 5) is 12.2. The van der Waals surface area contributed by atoms with E-state index in [4.69, 9.17) is 4.74 Å². The first-order chi connectivity index (χ1) is 10.4. The maximum atomic E-state index is 12.2. The Morgan fingerprint density at radius 3 is 2.27 bits per heavy atom. The molecule has 114 valence electrons. The van der Waals surface area contributed by atoms with Gasteiger partial charge in [-0.2, -0.15) is 0 Å². The van der Waals surface area contributed by atoms with Gasteiger partial charge in [0.05, 0.1) is 5.56 Å². The van der Waals surface area contributed by atoms with E-state index in [0.717, 1.165) is 12.1 Å². The summed E-state index contributed by atoms with van der Waals surface area (Å²) in [6, 6.07) is 6.04. The number of fused-ring (bicyclic) bond motifs is 1. The number of phenolic OH excluding ortho intramolecular Hbond substituents is 4. The molecule has 0 fully saturated rings. The third kappa shape index (κ3) is 1.99. The standard InChI is InChI=1S/C15H12O7/c16-8-3-1-6(5-10(8)18)14-13(21)11(19)7-2-4-9(17)12(20)15(7)22-14/h1-5,13-14,16-18,20-21H/t13-,14+/m0/s1. The first kappa shape index (κ1) is 14.0. The molecule has 7 nitrogen and oxygen atoms in total. The number of aromatic hydroxyl groups is 4. The second-order valence-corrected chi connectivity index (χ2v) is 4.91. The Labute approximate surface area is 124 Å². The van der Waals surface area contributed by atoms with Gasteiger partial charge in [-0.15, -0.1) is 0 Å². The van der Waals surface area contributed by atoms with E-state index < -0.39 is 35.2 Å². The molecule has 0 saturated carbocycles. The Morgan fingerprint density at radius 2 is 1.59 bits per heavy atom.